The van der Waals surface area contributed by atoms with Gasteiger partial charge in [-0.05, 0) is 24.9 Å². The van der Waals surface area contributed by atoms with E-state index in [4.69, 9.17) is 5.73 Å². The van der Waals surface area contributed by atoms with E-state index in [2.05, 4.69) is 5.32 Å². The summed E-state index contributed by atoms with van der Waals surface area (Å²) in [5, 5.41) is 3.27. The van der Waals surface area contributed by atoms with Gasteiger partial charge in [0.25, 0.3) is 0 Å². The van der Waals surface area contributed by atoms with Crippen LogP contribution in [0.4, 0.5) is 0 Å². The number of piperidine rings is 1. The normalized spacial score (nSPS) is 57.0. The van der Waals surface area contributed by atoms with Crippen LogP contribution in [0.2, 0.25) is 0 Å². The largest absolute Gasteiger partial charge is 0.327 e. The van der Waals surface area contributed by atoms with Crippen molar-refractivity contribution in [2.45, 2.75) is 6.04 Å². The molecule has 1 saturated heterocycles. The van der Waals surface area contributed by atoms with Crippen LogP contribution >= 0.6 is 0 Å². The molecule has 2 fully saturated rings. The lowest BCUT2D eigenvalue weighted by molar-refractivity contribution is 0.677. The lowest BCUT2D eigenvalue weighted by Crippen LogP contribution is -2.21. The predicted molar refractivity (Wildman–Crippen MR) is 27.8 cm³/mol. The third-order valence-corrected chi connectivity index (χ3v) is 2.16. The number of nitrogens with one attached hydrogen (secondary N) is 1. The van der Waals surface area contributed by atoms with E-state index in [9.17, 15) is 0 Å². The van der Waals surface area contributed by atoms with E-state index in [1.807, 2.05) is 0 Å². The van der Waals surface area contributed by atoms with Crippen LogP contribution in [0.1, 0.15) is 0 Å². The number of rotatable bonds is 0. The number of nitrogens with two attached hydrogens (primary N) is 1. The SMILES string of the molecule is N[C@H]1C2CNC[C@H]21. The van der Waals surface area contributed by atoms with Gasteiger partial charge in [-0.1, -0.05) is 0 Å². The zero-order chi connectivity index (χ0) is 4.85. The van der Waals surface area contributed by atoms with Crippen LogP contribution < -0.4 is 11.1 Å². The molecule has 2 heteroatoms. The smallest absolute Gasteiger partial charge is 0.0127 e. The van der Waals surface area contributed by atoms with Gasteiger partial charge < -0.3 is 11.1 Å². The molecule has 1 saturated carbocycles. The molecule has 7 heavy (non-hydrogen) atoms. The van der Waals surface area contributed by atoms with Crippen molar-refractivity contribution in [1.82, 2.24) is 5.32 Å². The Morgan fingerprint density at radius 2 is 1.86 bits per heavy atom. The average molecular weight is 98.1 g/mol. The molecule has 1 aliphatic heterocycles. The van der Waals surface area contributed by atoms with Crippen molar-refractivity contribution in [2.24, 2.45) is 17.6 Å². The molecule has 0 spiro atoms. The van der Waals surface area contributed by atoms with Crippen LogP contribution in [0, 0.1) is 11.8 Å². The quantitative estimate of drug-likeness (QED) is 0.414. The first-order valence-corrected chi connectivity index (χ1v) is 2.86. The van der Waals surface area contributed by atoms with Crippen molar-refractivity contribution in [2.75, 3.05) is 13.1 Å². The molecule has 3 N–H and O–H groups in total. The average Bonchev–Trinajstić information content (AvgIpc) is 2.26. The molecule has 0 aromatic rings. The Labute approximate surface area is 43.1 Å². The fourth-order valence-corrected chi connectivity index (χ4v) is 1.47. The van der Waals surface area contributed by atoms with Crippen LogP contribution in [0.25, 0.3) is 0 Å². The molecule has 0 amide bonds. The van der Waals surface area contributed by atoms with Gasteiger partial charge in [0, 0.05) is 6.04 Å². The van der Waals surface area contributed by atoms with Crippen molar-refractivity contribution in [3.63, 3.8) is 0 Å². The Kier molecular flexibility index (Phi) is 0.557. The van der Waals surface area contributed by atoms with Crippen molar-refractivity contribution in [1.29, 1.82) is 0 Å². The van der Waals surface area contributed by atoms with Crippen molar-refractivity contribution in [3.8, 4) is 0 Å². The summed E-state index contributed by atoms with van der Waals surface area (Å²) >= 11 is 0. The highest BCUT2D eigenvalue weighted by Gasteiger charge is 2.50. The molecule has 0 aromatic carbocycles. The standard InChI is InChI=1S/C5H10N2/c6-5-3-1-7-2-4(3)5/h3-5,7H,1-2,6H2/t3-,4?,5-/m1/s1. The van der Waals surface area contributed by atoms with Crippen LogP contribution in [-0.2, 0) is 0 Å². The van der Waals surface area contributed by atoms with E-state index >= 15 is 0 Å². The molecule has 1 heterocycles. The Balaban J connectivity index is 2.06. The number of fused-ring (bicyclic) bond motifs is 1. The van der Waals surface area contributed by atoms with E-state index in [-0.39, 0.29) is 0 Å². The molecule has 2 aliphatic rings. The molecule has 0 aromatic heterocycles. The van der Waals surface area contributed by atoms with Gasteiger partial charge in [0.2, 0.25) is 0 Å². The first kappa shape index (κ1) is 3.87. The fourth-order valence-electron chi connectivity index (χ4n) is 1.47. The first-order valence-electron chi connectivity index (χ1n) is 2.86. The number of hydrogen-bond donors (Lipinski definition) is 2. The van der Waals surface area contributed by atoms with Gasteiger partial charge in [-0.2, -0.15) is 0 Å². The maximum Gasteiger partial charge on any atom is 0.0127 e. The zero-order valence-electron chi connectivity index (χ0n) is 4.22. The highest BCUT2D eigenvalue weighted by molar-refractivity contribution is 5.07. The van der Waals surface area contributed by atoms with E-state index in [0.29, 0.717) is 6.04 Å². The Bertz CT molecular complexity index is 82.1. The van der Waals surface area contributed by atoms with E-state index in [1.165, 1.54) is 13.1 Å². The first-order chi connectivity index (χ1) is 3.39. The van der Waals surface area contributed by atoms with Crippen LogP contribution in [0.15, 0.2) is 0 Å². The predicted octanol–water partition coefficient (Wildman–Crippen LogP) is -0.837. The molecular weight excluding hydrogens is 88.1 g/mol. The zero-order valence-corrected chi connectivity index (χ0v) is 4.22. The summed E-state index contributed by atoms with van der Waals surface area (Å²) in [6.45, 7) is 2.34. The summed E-state index contributed by atoms with van der Waals surface area (Å²) < 4.78 is 0. The summed E-state index contributed by atoms with van der Waals surface area (Å²) in [5.74, 6) is 1.69. The molecule has 1 unspecified atom stereocenters. The van der Waals surface area contributed by atoms with Gasteiger partial charge in [-0.3, -0.25) is 0 Å². The Hall–Kier alpha value is -0.0800. The molecule has 2 nitrogen and oxygen atoms in total. The third-order valence-electron chi connectivity index (χ3n) is 2.16. The Morgan fingerprint density at radius 1 is 1.29 bits per heavy atom. The Morgan fingerprint density at radius 3 is 2.14 bits per heavy atom. The monoisotopic (exact) mass is 98.1 g/mol. The second-order valence-electron chi connectivity index (χ2n) is 2.56. The molecule has 1 aliphatic carbocycles. The minimum Gasteiger partial charge on any atom is -0.327 e. The lowest BCUT2D eigenvalue weighted by Gasteiger charge is -1.94. The third kappa shape index (κ3) is 0.359. The molecular formula is C5H10N2. The van der Waals surface area contributed by atoms with Gasteiger partial charge in [-0.15, -0.1) is 0 Å². The van der Waals surface area contributed by atoms with Crippen LogP contribution in [0.3, 0.4) is 0 Å². The van der Waals surface area contributed by atoms with E-state index < -0.39 is 0 Å². The van der Waals surface area contributed by atoms with E-state index in [1.54, 1.807) is 0 Å². The lowest BCUT2D eigenvalue weighted by atomic mass is 10.4. The topological polar surface area (TPSA) is 38.0 Å². The molecule has 0 bridgehead atoms. The van der Waals surface area contributed by atoms with Gasteiger partial charge in [0.15, 0.2) is 0 Å². The summed E-state index contributed by atoms with van der Waals surface area (Å²) in [4.78, 5) is 0. The summed E-state index contributed by atoms with van der Waals surface area (Å²) in [6, 6.07) is 0.557. The summed E-state index contributed by atoms with van der Waals surface area (Å²) in [6.07, 6.45) is 0. The van der Waals surface area contributed by atoms with Crippen LogP contribution in [-0.4, -0.2) is 19.1 Å². The maximum atomic E-state index is 5.63. The van der Waals surface area contributed by atoms with Crippen LogP contribution in [0.5, 0.6) is 0 Å². The van der Waals surface area contributed by atoms with Gasteiger partial charge in [-0.25, -0.2) is 0 Å². The van der Waals surface area contributed by atoms with Crippen molar-refractivity contribution >= 4 is 0 Å². The van der Waals surface area contributed by atoms with Gasteiger partial charge >= 0.3 is 0 Å². The molecule has 40 valence electrons. The second-order valence-corrected chi connectivity index (χ2v) is 2.56. The minimum atomic E-state index is 0.557. The van der Waals surface area contributed by atoms with Crippen molar-refractivity contribution < 1.29 is 0 Å². The van der Waals surface area contributed by atoms with Gasteiger partial charge in [0.05, 0.1) is 0 Å². The summed E-state index contributed by atoms with van der Waals surface area (Å²) in [5.41, 5.74) is 5.63. The molecule has 3 atom stereocenters. The molecule has 0 radical (unpaired) electrons. The summed E-state index contributed by atoms with van der Waals surface area (Å²) in [7, 11) is 0. The van der Waals surface area contributed by atoms with Crippen molar-refractivity contribution in [3.05, 3.63) is 0 Å². The highest BCUT2D eigenvalue weighted by atomic mass is 15.0. The van der Waals surface area contributed by atoms with Gasteiger partial charge in [0.1, 0.15) is 0 Å². The van der Waals surface area contributed by atoms with E-state index in [0.717, 1.165) is 11.8 Å². The fraction of sp³-hybridized carbons (Fsp3) is 1.00. The highest BCUT2D eigenvalue weighted by Crippen LogP contribution is 2.39. The second kappa shape index (κ2) is 1.01. The minimum absolute atomic E-state index is 0.557. The maximum absolute atomic E-state index is 5.63. The molecule has 2 rings (SSSR count). The number of hydrogen-bond acceptors (Lipinski definition) is 2.